The van der Waals surface area contributed by atoms with Crippen LogP contribution >= 0.6 is 0 Å². The van der Waals surface area contributed by atoms with Crippen molar-refractivity contribution in [2.24, 2.45) is 11.3 Å². The quantitative estimate of drug-likeness (QED) is 0.143. The van der Waals surface area contributed by atoms with Crippen LogP contribution in [0.1, 0.15) is 122 Å². The Morgan fingerprint density at radius 2 is 1.39 bits per heavy atom. The Hall–Kier alpha value is -5.28. The molecule has 308 valence electrons. The van der Waals surface area contributed by atoms with Gasteiger partial charge in [0.05, 0.1) is 30.5 Å². The number of carbonyl (C=O) groups is 4. The number of nitrogens with one attached hydrogen (secondary N) is 3. The van der Waals surface area contributed by atoms with Gasteiger partial charge in [0, 0.05) is 19.0 Å². The van der Waals surface area contributed by atoms with Crippen molar-refractivity contribution in [3.8, 4) is 0 Å². The van der Waals surface area contributed by atoms with Gasteiger partial charge in [0.2, 0.25) is 17.7 Å². The van der Waals surface area contributed by atoms with Crippen LogP contribution in [0.15, 0.2) is 97.1 Å². The minimum absolute atomic E-state index is 0.0261. The lowest BCUT2D eigenvalue weighted by atomic mass is 9.77. The maximum Gasteiger partial charge on any atom is 0.306 e. The number of aryl methyl sites for hydroxylation is 2. The summed E-state index contributed by atoms with van der Waals surface area (Å²) in [6.45, 7) is 6.97. The lowest BCUT2D eigenvalue weighted by molar-refractivity contribution is -0.154. The number of nitrogens with zero attached hydrogens (tertiary/aromatic N) is 1. The third kappa shape index (κ3) is 9.15. The van der Waals surface area contributed by atoms with E-state index in [4.69, 9.17) is 4.74 Å². The Bertz CT molecular complexity index is 2180. The molecule has 59 heavy (non-hydrogen) atoms. The molecule has 0 spiro atoms. The number of esters is 1. The zero-order valence-corrected chi connectivity index (χ0v) is 34.7. The highest BCUT2D eigenvalue weighted by atomic mass is 16.5. The molecule has 2 aliphatic carbocycles. The number of carbonyl (C=O) groups excluding carboxylic acids is 4. The lowest BCUT2D eigenvalue weighted by Crippen LogP contribution is -2.50. The molecule has 0 aromatic heterocycles. The van der Waals surface area contributed by atoms with Crippen molar-refractivity contribution in [1.82, 2.24) is 20.9 Å². The highest BCUT2D eigenvalue weighted by molar-refractivity contribution is 5.91. The van der Waals surface area contributed by atoms with Crippen LogP contribution in [0.2, 0.25) is 0 Å². The zero-order chi connectivity index (χ0) is 41.1. The van der Waals surface area contributed by atoms with Gasteiger partial charge in [-0.25, -0.2) is 0 Å². The van der Waals surface area contributed by atoms with Gasteiger partial charge in [0.15, 0.2) is 0 Å². The topological polar surface area (TPSA) is 117 Å². The number of likely N-dealkylation sites (tertiary alicyclic amines) is 1. The minimum Gasteiger partial charge on any atom is -0.461 e. The van der Waals surface area contributed by atoms with E-state index in [1.807, 2.05) is 69.3 Å². The van der Waals surface area contributed by atoms with Crippen molar-refractivity contribution in [1.29, 1.82) is 0 Å². The fourth-order valence-corrected chi connectivity index (χ4v) is 9.82. The molecule has 0 bridgehead atoms. The molecule has 2 aliphatic heterocycles. The Morgan fingerprint density at radius 1 is 0.763 bits per heavy atom. The normalized spacial score (nSPS) is 22.9. The number of rotatable bonds is 10. The fourth-order valence-electron chi connectivity index (χ4n) is 9.82. The summed E-state index contributed by atoms with van der Waals surface area (Å²) in [5.74, 6) is -1.54. The van der Waals surface area contributed by atoms with Crippen LogP contribution in [0.3, 0.4) is 0 Å². The summed E-state index contributed by atoms with van der Waals surface area (Å²) in [5, 5.41) is 10.2. The summed E-state index contributed by atoms with van der Waals surface area (Å²) >= 11 is 0. The van der Waals surface area contributed by atoms with Crippen LogP contribution in [-0.2, 0) is 56.3 Å². The second kappa shape index (κ2) is 17.5. The standard InChI is InChI=1S/C50H58N4O5/c1-50(2,3)41(28-46(55)59-31-32-13-5-4-6-14-32)49(58)54-30-38(27-45(54)48(57)53-43-22-12-18-34-16-8-10-20-40(34)43)35-23-24-36-26-44(51-29-37(36)25-35)47(56)52-42-21-11-17-33-15-7-9-19-39(33)42/h4-10,13-16,19-20,23-25,38,41-45,51H,11-12,17-18,21-22,26-31H2,1-3H3,(H,52,56)(H,53,57)/t38?,41-,42?,43?,44+,45+/m1/s1. The Morgan fingerprint density at radius 3 is 2.05 bits per heavy atom. The first-order valence-electron chi connectivity index (χ1n) is 21.6. The van der Waals surface area contributed by atoms with Crippen LogP contribution in [0.25, 0.3) is 0 Å². The molecule has 9 nitrogen and oxygen atoms in total. The molecule has 9 heteroatoms. The minimum atomic E-state index is -0.695. The molecule has 3 N–H and O–H groups in total. The van der Waals surface area contributed by atoms with Gasteiger partial charge < -0.3 is 25.6 Å². The van der Waals surface area contributed by atoms with Crippen LogP contribution < -0.4 is 16.0 Å². The zero-order valence-electron chi connectivity index (χ0n) is 34.7. The Kier molecular flexibility index (Phi) is 12.0. The summed E-state index contributed by atoms with van der Waals surface area (Å²) < 4.78 is 5.67. The third-order valence-corrected chi connectivity index (χ3v) is 13.2. The molecule has 0 radical (unpaired) electrons. The number of hydrogen-bond acceptors (Lipinski definition) is 6. The number of ether oxygens (including phenoxy) is 1. The highest BCUT2D eigenvalue weighted by Gasteiger charge is 2.46. The molecule has 3 amide bonds. The van der Waals surface area contributed by atoms with Crippen molar-refractivity contribution in [3.05, 3.63) is 142 Å². The molecular weight excluding hydrogens is 737 g/mol. The number of fused-ring (bicyclic) bond motifs is 3. The van der Waals surface area contributed by atoms with E-state index in [-0.39, 0.29) is 54.8 Å². The Balaban J connectivity index is 0.995. The van der Waals surface area contributed by atoms with Gasteiger partial charge in [-0.3, -0.25) is 19.2 Å². The molecule has 4 aromatic carbocycles. The van der Waals surface area contributed by atoms with Crippen LogP contribution in [0.4, 0.5) is 0 Å². The predicted octanol–water partition coefficient (Wildman–Crippen LogP) is 7.57. The largest absolute Gasteiger partial charge is 0.461 e. The van der Waals surface area contributed by atoms with Gasteiger partial charge in [-0.1, -0.05) is 118 Å². The van der Waals surface area contributed by atoms with E-state index >= 15 is 0 Å². The molecule has 2 heterocycles. The molecular formula is C50H58N4O5. The number of benzene rings is 4. The summed E-state index contributed by atoms with van der Waals surface area (Å²) in [6.07, 6.45) is 6.85. The number of hydrogen-bond donors (Lipinski definition) is 3. The molecule has 0 saturated carbocycles. The third-order valence-electron chi connectivity index (χ3n) is 13.2. The van der Waals surface area contributed by atoms with Crippen LogP contribution in [0.5, 0.6) is 0 Å². The summed E-state index contributed by atoms with van der Waals surface area (Å²) in [6, 6.07) is 31.6. The van der Waals surface area contributed by atoms with E-state index in [2.05, 4.69) is 64.5 Å². The first kappa shape index (κ1) is 40.5. The van der Waals surface area contributed by atoms with E-state index in [0.29, 0.717) is 25.9 Å². The maximum atomic E-state index is 14.8. The predicted molar refractivity (Wildman–Crippen MR) is 228 cm³/mol. The molecule has 8 rings (SSSR count). The molecule has 4 aromatic rings. The van der Waals surface area contributed by atoms with Gasteiger partial charge in [-0.05, 0) is 101 Å². The second-order valence-electron chi connectivity index (χ2n) is 18.2. The van der Waals surface area contributed by atoms with E-state index in [0.717, 1.165) is 66.3 Å². The van der Waals surface area contributed by atoms with Crippen molar-refractivity contribution >= 4 is 23.7 Å². The average molecular weight is 795 g/mol. The molecule has 4 aliphatic rings. The van der Waals surface area contributed by atoms with Crippen molar-refractivity contribution in [2.75, 3.05) is 6.54 Å². The number of amides is 3. The monoisotopic (exact) mass is 794 g/mol. The summed E-state index contributed by atoms with van der Waals surface area (Å²) in [7, 11) is 0. The maximum absolute atomic E-state index is 14.8. The van der Waals surface area contributed by atoms with Gasteiger partial charge in [-0.15, -0.1) is 0 Å². The highest BCUT2D eigenvalue weighted by Crippen LogP contribution is 2.39. The van der Waals surface area contributed by atoms with Gasteiger partial charge in [-0.2, -0.15) is 0 Å². The molecule has 1 fully saturated rings. The van der Waals surface area contributed by atoms with Crippen molar-refractivity contribution < 1.29 is 23.9 Å². The molecule has 1 saturated heterocycles. The first-order valence-corrected chi connectivity index (χ1v) is 21.6. The van der Waals surface area contributed by atoms with E-state index in [9.17, 15) is 19.2 Å². The average Bonchev–Trinajstić information content (AvgIpc) is 3.71. The van der Waals surface area contributed by atoms with Crippen molar-refractivity contribution in [3.63, 3.8) is 0 Å². The van der Waals surface area contributed by atoms with Gasteiger partial charge >= 0.3 is 5.97 Å². The smallest absolute Gasteiger partial charge is 0.306 e. The van der Waals surface area contributed by atoms with Gasteiger partial charge in [0.1, 0.15) is 12.6 Å². The molecule has 6 atom stereocenters. The van der Waals surface area contributed by atoms with E-state index < -0.39 is 23.3 Å². The fraction of sp³-hybridized carbons (Fsp3) is 0.440. The van der Waals surface area contributed by atoms with Crippen molar-refractivity contribution in [2.45, 2.75) is 122 Å². The second-order valence-corrected chi connectivity index (χ2v) is 18.2. The van der Waals surface area contributed by atoms with E-state index in [1.165, 1.54) is 16.7 Å². The van der Waals surface area contributed by atoms with Gasteiger partial charge in [0.25, 0.3) is 0 Å². The first-order chi connectivity index (χ1) is 28.5. The summed E-state index contributed by atoms with van der Waals surface area (Å²) in [4.78, 5) is 57.9. The van der Waals surface area contributed by atoms with Crippen LogP contribution in [0, 0.1) is 11.3 Å². The van der Waals surface area contributed by atoms with E-state index in [1.54, 1.807) is 4.90 Å². The lowest BCUT2D eigenvalue weighted by Gasteiger charge is -2.35. The SMILES string of the molecule is CC(C)(C)[C@H](CC(=O)OCc1ccccc1)C(=O)N1CC(c2ccc3c(c2)CN[C@H](C(=O)NC2CCCc4ccccc42)C3)C[C@H]1C(=O)NC1CCCc2ccccc21. The Labute approximate surface area is 348 Å². The summed E-state index contributed by atoms with van der Waals surface area (Å²) in [5.41, 5.74) is 8.60. The molecule has 3 unspecified atom stereocenters. The van der Waals surface area contributed by atoms with Crippen LogP contribution in [-0.4, -0.2) is 47.2 Å².